The van der Waals surface area contributed by atoms with E-state index < -0.39 is 0 Å². The minimum atomic E-state index is -0.204. The van der Waals surface area contributed by atoms with Crippen molar-refractivity contribution in [3.63, 3.8) is 0 Å². The molecule has 1 heterocycles. The molecule has 0 spiro atoms. The van der Waals surface area contributed by atoms with Gasteiger partial charge < -0.3 is 15.0 Å². The molecule has 0 aliphatic heterocycles. The molecule has 1 aromatic heterocycles. The van der Waals surface area contributed by atoms with Gasteiger partial charge in [-0.15, -0.1) is 10.2 Å². The predicted octanol–water partition coefficient (Wildman–Crippen LogP) is 0.202. The molecule has 1 aliphatic rings. The second-order valence-corrected chi connectivity index (χ2v) is 5.13. The van der Waals surface area contributed by atoms with Crippen LogP contribution in [0, 0.1) is 0 Å². The summed E-state index contributed by atoms with van der Waals surface area (Å²) in [6.07, 6.45) is 4.05. The van der Waals surface area contributed by atoms with Crippen molar-refractivity contribution in [3.8, 4) is 0 Å². The van der Waals surface area contributed by atoms with E-state index in [2.05, 4.69) is 15.5 Å². The van der Waals surface area contributed by atoms with Crippen LogP contribution in [0.2, 0.25) is 0 Å². The lowest BCUT2D eigenvalue weighted by Gasteiger charge is -2.10. The number of nitrogens with zero attached hydrogens (tertiary/aromatic N) is 3. The fraction of sp³-hybridized carbons (Fsp3) is 0.700. The number of aromatic nitrogens is 3. The van der Waals surface area contributed by atoms with E-state index in [0.29, 0.717) is 11.8 Å². The maximum absolute atomic E-state index is 11.5. The van der Waals surface area contributed by atoms with Crippen LogP contribution in [-0.2, 0) is 4.79 Å². The first-order valence-corrected chi connectivity index (χ1v) is 6.61. The topological polar surface area (TPSA) is 80.0 Å². The Morgan fingerprint density at radius 3 is 3.18 bits per heavy atom. The van der Waals surface area contributed by atoms with Gasteiger partial charge in [0.05, 0.1) is 12.4 Å². The van der Waals surface area contributed by atoms with Crippen LogP contribution < -0.4 is 5.32 Å². The second kappa shape index (κ2) is 5.50. The van der Waals surface area contributed by atoms with Gasteiger partial charge in [0.1, 0.15) is 6.33 Å². The number of amides is 1. The van der Waals surface area contributed by atoms with Crippen LogP contribution in [0.4, 0.5) is 0 Å². The average Bonchev–Trinajstić information content (AvgIpc) is 3.05. The van der Waals surface area contributed by atoms with Gasteiger partial charge in [0, 0.05) is 12.1 Å². The van der Waals surface area contributed by atoms with E-state index in [1.165, 1.54) is 24.6 Å². The maximum atomic E-state index is 11.5. The molecule has 0 aromatic carbocycles. The fourth-order valence-electron chi connectivity index (χ4n) is 1.43. The number of hydrogen-bond donors (Lipinski definition) is 2. The number of aliphatic hydroxyl groups excluding tert-OH is 1. The molecule has 2 N–H and O–H groups in total. The van der Waals surface area contributed by atoms with Crippen LogP contribution in [-0.4, -0.2) is 44.2 Å². The van der Waals surface area contributed by atoms with Crippen molar-refractivity contribution in [1.29, 1.82) is 0 Å². The van der Waals surface area contributed by atoms with Crippen LogP contribution >= 0.6 is 11.8 Å². The van der Waals surface area contributed by atoms with E-state index in [-0.39, 0.29) is 18.6 Å². The smallest absolute Gasteiger partial charge is 0.230 e. The number of hydrogen-bond acceptors (Lipinski definition) is 5. The number of aliphatic hydroxyl groups is 1. The average molecular weight is 256 g/mol. The number of rotatable bonds is 6. The van der Waals surface area contributed by atoms with Gasteiger partial charge in [0.2, 0.25) is 5.91 Å². The number of carbonyl (C=O) groups excluding carboxylic acids is 1. The minimum absolute atomic E-state index is 0.0470. The van der Waals surface area contributed by atoms with Gasteiger partial charge >= 0.3 is 0 Å². The first-order valence-electron chi connectivity index (χ1n) is 5.63. The van der Waals surface area contributed by atoms with Gasteiger partial charge in [-0.2, -0.15) is 0 Å². The summed E-state index contributed by atoms with van der Waals surface area (Å²) in [6, 6.07) is 0.316. The summed E-state index contributed by atoms with van der Waals surface area (Å²) in [5.41, 5.74) is 0. The van der Waals surface area contributed by atoms with Gasteiger partial charge in [-0.25, -0.2) is 0 Å². The van der Waals surface area contributed by atoms with Crippen LogP contribution in [0.25, 0.3) is 0 Å². The highest BCUT2D eigenvalue weighted by Gasteiger charge is 2.26. The second-order valence-electron chi connectivity index (χ2n) is 4.19. The lowest BCUT2D eigenvalue weighted by Crippen LogP contribution is -2.36. The molecule has 1 aromatic rings. The highest BCUT2D eigenvalue weighted by Crippen LogP contribution is 2.37. The quantitative estimate of drug-likeness (QED) is 0.711. The summed E-state index contributed by atoms with van der Waals surface area (Å²) in [6.45, 7) is 1.71. The van der Waals surface area contributed by atoms with Crippen LogP contribution in [0.5, 0.6) is 0 Å². The van der Waals surface area contributed by atoms with Gasteiger partial charge in [-0.1, -0.05) is 11.8 Å². The Bertz CT molecular complexity index is 391. The van der Waals surface area contributed by atoms with Crippen molar-refractivity contribution < 1.29 is 9.90 Å². The number of nitrogens with one attached hydrogen (secondary N) is 1. The molecule has 0 bridgehead atoms. The normalized spacial score (nSPS) is 16.8. The van der Waals surface area contributed by atoms with Crippen molar-refractivity contribution in [2.45, 2.75) is 37.0 Å². The van der Waals surface area contributed by atoms with Crippen LogP contribution in [0.15, 0.2) is 11.5 Å². The zero-order valence-corrected chi connectivity index (χ0v) is 10.5. The molecule has 0 saturated heterocycles. The monoisotopic (exact) mass is 256 g/mol. The lowest BCUT2D eigenvalue weighted by atomic mass is 10.4. The molecule has 1 saturated carbocycles. The van der Waals surface area contributed by atoms with Gasteiger partial charge in [-0.3, -0.25) is 4.79 Å². The Kier molecular flexibility index (Phi) is 4.01. The molecule has 1 atom stereocenters. The molecule has 94 valence electrons. The number of thioether (sulfide) groups is 1. The van der Waals surface area contributed by atoms with E-state index in [1.54, 1.807) is 13.3 Å². The molecule has 2 rings (SSSR count). The first kappa shape index (κ1) is 12.4. The largest absolute Gasteiger partial charge is 0.394 e. The summed E-state index contributed by atoms with van der Waals surface area (Å²) in [4.78, 5) is 11.5. The third kappa shape index (κ3) is 3.44. The van der Waals surface area contributed by atoms with E-state index in [0.717, 1.165) is 5.16 Å². The van der Waals surface area contributed by atoms with E-state index >= 15 is 0 Å². The van der Waals surface area contributed by atoms with Gasteiger partial charge in [0.25, 0.3) is 0 Å². The van der Waals surface area contributed by atoms with Gasteiger partial charge in [-0.05, 0) is 19.8 Å². The molecule has 6 nitrogen and oxygen atoms in total. The van der Waals surface area contributed by atoms with Crippen molar-refractivity contribution >= 4 is 17.7 Å². The summed E-state index contributed by atoms with van der Waals surface area (Å²) >= 11 is 1.38. The third-order valence-electron chi connectivity index (χ3n) is 2.49. The SMILES string of the molecule is CC(CO)NC(=O)CSc1nncn1C1CC1. The van der Waals surface area contributed by atoms with Crippen LogP contribution in [0.3, 0.4) is 0 Å². The molecule has 1 fully saturated rings. The molecule has 1 aliphatic carbocycles. The summed E-state index contributed by atoms with van der Waals surface area (Å²) in [5.74, 6) is 0.206. The summed E-state index contributed by atoms with van der Waals surface area (Å²) in [7, 11) is 0. The van der Waals surface area contributed by atoms with E-state index in [4.69, 9.17) is 5.11 Å². The minimum Gasteiger partial charge on any atom is -0.394 e. The Balaban J connectivity index is 1.80. The fourth-order valence-corrected chi connectivity index (χ4v) is 2.22. The van der Waals surface area contributed by atoms with Crippen LogP contribution in [0.1, 0.15) is 25.8 Å². The lowest BCUT2D eigenvalue weighted by molar-refractivity contribution is -0.119. The zero-order chi connectivity index (χ0) is 12.3. The van der Waals surface area contributed by atoms with Crippen molar-refractivity contribution in [2.24, 2.45) is 0 Å². The number of carbonyl (C=O) groups is 1. The zero-order valence-electron chi connectivity index (χ0n) is 9.67. The predicted molar refractivity (Wildman–Crippen MR) is 63.7 cm³/mol. The maximum Gasteiger partial charge on any atom is 0.230 e. The van der Waals surface area contributed by atoms with Crippen molar-refractivity contribution in [3.05, 3.63) is 6.33 Å². The Morgan fingerprint density at radius 2 is 2.53 bits per heavy atom. The molecule has 1 amide bonds. The highest BCUT2D eigenvalue weighted by molar-refractivity contribution is 7.99. The summed E-state index contributed by atoms with van der Waals surface area (Å²) in [5, 5.41) is 20.1. The Labute approximate surface area is 104 Å². The standard InChI is InChI=1S/C10H16N4O2S/c1-7(4-15)12-9(16)5-17-10-13-11-6-14(10)8-2-3-8/h6-8,15H,2-5H2,1H3,(H,12,16). The van der Waals surface area contributed by atoms with Gasteiger partial charge in [0.15, 0.2) is 5.16 Å². The van der Waals surface area contributed by atoms with Crippen molar-refractivity contribution in [1.82, 2.24) is 20.1 Å². The molecule has 1 unspecified atom stereocenters. The molecule has 0 radical (unpaired) electrons. The first-order chi connectivity index (χ1) is 8.20. The van der Waals surface area contributed by atoms with E-state index in [1.807, 2.05) is 4.57 Å². The molecule has 17 heavy (non-hydrogen) atoms. The molecule has 7 heteroatoms. The Hall–Kier alpha value is -1.08. The van der Waals surface area contributed by atoms with Crippen molar-refractivity contribution in [2.75, 3.05) is 12.4 Å². The Morgan fingerprint density at radius 1 is 1.76 bits per heavy atom. The van der Waals surface area contributed by atoms with E-state index in [9.17, 15) is 4.79 Å². The third-order valence-corrected chi connectivity index (χ3v) is 3.45. The molecular formula is C10H16N4O2S. The summed E-state index contributed by atoms with van der Waals surface area (Å²) < 4.78 is 2.02. The molecular weight excluding hydrogens is 240 g/mol. The highest BCUT2D eigenvalue weighted by atomic mass is 32.2.